The average Bonchev–Trinajstić information content (AvgIpc) is 2.84. The number of benzene rings is 1. The lowest BCUT2D eigenvalue weighted by molar-refractivity contribution is -0.142. The summed E-state index contributed by atoms with van der Waals surface area (Å²) in [5.41, 5.74) is 2.08. The molecule has 0 aliphatic carbocycles. The van der Waals surface area contributed by atoms with Gasteiger partial charge in [-0.05, 0) is 37.5 Å². The molecule has 1 heterocycles. The Labute approximate surface area is 144 Å². The largest absolute Gasteiger partial charge is 0.479 e. The van der Waals surface area contributed by atoms with Crippen LogP contribution in [0.5, 0.6) is 0 Å². The number of nitrogens with zero attached hydrogens (tertiary/aromatic N) is 1. The molecule has 0 radical (unpaired) electrons. The Morgan fingerprint density at radius 2 is 1.92 bits per heavy atom. The molecule has 2 atom stereocenters. The van der Waals surface area contributed by atoms with Crippen molar-refractivity contribution in [3.8, 4) is 0 Å². The van der Waals surface area contributed by atoms with Gasteiger partial charge in [-0.25, -0.2) is 4.79 Å². The third kappa shape index (κ3) is 4.14. The van der Waals surface area contributed by atoms with Crippen molar-refractivity contribution < 1.29 is 19.2 Å². The first-order valence-electron chi connectivity index (χ1n) is 7.50. The van der Waals surface area contributed by atoms with Crippen LogP contribution in [-0.2, 0) is 9.59 Å². The number of aromatic nitrogens is 1. The predicted molar refractivity (Wildman–Crippen MR) is 89.0 cm³/mol. The number of carboxylic acids is 1. The topological polar surface area (TPSA) is 92.4 Å². The molecule has 0 bridgehead atoms. The van der Waals surface area contributed by atoms with Crippen molar-refractivity contribution >= 4 is 23.5 Å². The molecule has 0 fully saturated rings. The van der Waals surface area contributed by atoms with Gasteiger partial charge in [0.25, 0.3) is 0 Å². The monoisotopic (exact) mass is 350 g/mol. The van der Waals surface area contributed by atoms with E-state index in [0.29, 0.717) is 16.3 Å². The smallest absolute Gasteiger partial charge is 0.330 e. The molecule has 0 saturated carbocycles. The molecule has 0 saturated heterocycles. The van der Waals surface area contributed by atoms with E-state index in [0.717, 1.165) is 11.3 Å². The fourth-order valence-electron chi connectivity index (χ4n) is 2.74. The zero-order valence-electron chi connectivity index (χ0n) is 13.7. The van der Waals surface area contributed by atoms with Crippen LogP contribution in [0.4, 0.5) is 0 Å². The summed E-state index contributed by atoms with van der Waals surface area (Å²) < 4.78 is 5.11. The summed E-state index contributed by atoms with van der Waals surface area (Å²) in [6.45, 7) is 5.48. The maximum Gasteiger partial charge on any atom is 0.330 e. The van der Waals surface area contributed by atoms with E-state index in [9.17, 15) is 14.7 Å². The predicted octanol–water partition coefficient (Wildman–Crippen LogP) is 3.38. The second kappa shape index (κ2) is 7.49. The average molecular weight is 351 g/mol. The third-order valence-corrected chi connectivity index (χ3v) is 4.08. The van der Waals surface area contributed by atoms with Crippen LogP contribution in [0.3, 0.4) is 0 Å². The van der Waals surface area contributed by atoms with E-state index in [1.54, 1.807) is 31.2 Å². The van der Waals surface area contributed by atoms with Gasteiger partial charge in [0.1, 0.15) is 5.76 Å². The van der Waals surface area contributed by atoms with Crippen molar-refractivity contribution in [2.24, 2.45) is 0 Å². The summed E-state index contributed by atoms with van der Waals surface area (Å²) in [6.07, 6.45) is 0.139. The molecular formula is C17H19ClN2O4. The molecule has 7 heteroatoms. The van der Waals surface area contributed by atoms with Crippen LogP contribution < -0.4 is 5.32 Å². The minimum absolute atomic E-state index is 0.129. The number of amides is 1. The summed E-state index contributed by atoms with van der Waals surface area (Å²) in [5.74, 6) is -0.947. The summed E-state index contributed by atoms with van der Waals surface area (Å²) in [6, 6.07) is 5.22. The van der Waals surface area contributed by atoms with E-state index in [1.807, 2.05) is 13.8 Å². The lowest BCUT2D eigenvalue weighted by Gasteiger charge is -2.17. The zero-order valence-corrected chi connectivity index (χ0v) is 14.4. The highest BCUT2D eigenvalue weighted by molar-refractivity contribution is 6.30. The molecule has 24 heavy (non-hydrogen) atoms. The molecule has 2 aromatic rings. The highest BCUT2D eigenvalue weighted by Crippen LogP contribution is 2.26. The number of carbonyl (C=O) groups excluding carboxylic acids is 1. The minimum Gasteiger partial charge on any atom is -0.479 e. The molecule has 2 rings (SSSR count). The maximum absolute atomic E-state index is 12.3. The quantitative estimate of drug-likeness (QED) is 0.833. The molecule has 1 aromatic heterocycles. The van der Waals surface area contributed by atoms with E-state index >= 15 is 0 Å². The fraction of sp³-hybridized carbons (Fsp3) is 0.353. The summed E-state index contributed by atoms with van der Waals surface area (Å²) in [5, 5.41) is 16.3. The first-order valence-corrected chi connectivity index (χ1v) is 7.87. The van der Waals surface area contributed by atoms with E-state index in [-0.39, 0.29) is 18.2 Å². The van der Waals surface area contributed by atoms with Crippen LogP contribution in [0.25, 0.3) is 0 Å². The van der Waals surface area contributed by atoms with Crippen molar-refractivity contribution in [3.63, 3.8) is 0 Å². The number of carboxylic acid groups (broad SMARTS) is 1. The Bertz CT molecular complexity index is 720. The second-order valence-electron chi connectivity index (χ2n) is 5.73. The number of aliphatic carboxylic acids is 1. The highest BCUT2D eigenvalue weighted by Gasteiger charge is 2.25. The SMILES string of the molecule is Cc1noc(C)c1C(C)CC(=O)NC(C(=O)O)c1ccc(Cl)cc1. The molecule has 0 aliphatic heterocycles. The molecule has 2 unspecified atom stereocenters. The Hall–Kier alpha value is -2.34. The van der Waals surface area contributed by atoms with Crippen molar-refractivity contribution in [1.82, 2.24) is 10.5 Å². The number of halogens is 1. The van der Waals surface area contributed by atoms with Crippen molar-refractivity contribution in [3.05, 3.63) is 51.9 Å². The van der Waals surface area contributed by atoms with Crippen LogP contribution in [0.2, 0.25) is 5.02 Å². The highest BCUT2D eigenvalue weighted by atomic mass is 35.5. The number of carbonyl (C=O) groups is 2. The van der Waals surface area contributed by atoms with Crippen LogP contribution in [-0.4, -0.2) is 22.1 Å². The first kappa shape index (κ1) is 18.0. The van der Waals surface area contributed by atoms with Crippen LogP contribution in [0, 0.1) is 13.8 Å². The van der Waals surface area contributed by atoms with Crippen molar-refractivity contribution in [2.45, 2.75) is 39.2 Å². The van der Waals surface area contributed by atoms with E-state index < -0.39 is 12.0 Å². The molecule has 128 valence electrons. The molecule has 0 spiro atoms. The van der Waals surface area contributed by atoms with Gasteiger partial charge >= 0.3 is 5.97 Å². The fourth-order valence-corrected chi connectivity index (χ4v) is 2.86. The van der Waals surface area contributed by atoms with Gasteiger partial charge in [-0.15, -0.1) is 0 Å². The summed E-state index contributed by atoms with van der Waals surface area (Å²) in [7, 11) is 0. The normalized spacial score (nSPS) is 13.3. The van der Waals surface area contributed by atoms with Crippen LogP contribution in [0.1, 0.15) is 47.9 Å². The number of hydrogen-bond donors (Lipinski definition) is 2. The van der Waals surface area contributed by atoms with E-state index in [4.69, 9.17) is 16.1 Å². The first-order chi connectivity index (χ1) is 11.3. The van der Waals surface area contributed by atoms with Crippen molar-refractivity contribution in [1.29, 1.82) is 0 Å². The summed E-state index contributed by atoms with van der Waals surface area (Å²) in [4.78, 5) is 23.7. The Balaban J connectivity index is 2.08. The Morgan fingerprint density at radius 1 is 1.29 bits per heavy atom. The summed E-state index contributed by atoms with van der Waals surface area (Å²) >= 11 is 5.81. The van der Waals surface area contributed by atoms with Crippen LogP contribution >= 0.6 is 11.6 Å². The number of nitrogens with one attached hydrogen (secondary N) is 1. The number of rotatable bonds is 6. The molecule has 6 nitrogen and oxygen atoms in total. The van der Waals surface area contributed by atoms with Gasteiger partial charge in [0.2, 0.25) is 5.91 Å². The van der Waals surface area contributed by atoms with Gasteiger partial charge in [-0.1, -0.05) is 35.8 Å². The maximum atomic E-state index is 12.3. The molecule has 1 aromatic carbocycles. The lowest BCUT2D eigenvalue weighted by atomic mass is 9.95. The van der Waals surface area contributed by atoms with Crippen LogP contribution in [0.15, 0.2) is 28.8 Å². The van der Waals surface area contributed by atoms with Gasteiger partial charge in [0.15, 0.2) is 6.04 Å². The van der Waals surface area contributed by atoms with Crippen molar-refractivity contribution in [2.75, 3.05) is 0 Å². The Morgan fingerprint density at radius 3 is 2.42 bits per heavy atom. The number of hydrogen-bond acceptors (Lipinski definition) is 4. The molecular weight excluding hydrogens is 332 g/mol. The van der Waals surface area contributed by atoms with Gasteiger partial charge in [-0.3, -0.25) is 4.79 Å². The lowest BCUT2D eigenvalue weighted by Crippen LogP contribution is -2.34. The van der Waals surface area contributed by atoms with Gasteiger partial charge in [0, 0.05) is 17.0 Å². The standard InChI is InChI=1S/C17H19ClN2O4/c1-9(15-10(2)20-24-11(15)3)8-14(21)19-16(17(22)23)12-4-6-13(18)7-5-12/h4-7,9,16H,8H2,1-3H3,(H,19,21)(H,22,23). The molecule has 0 aliphatic rings. The Kier molecular flexibility index (Phi) is 5.62. The van der Waals surface area contributed by atoms with E-state index in [1.165, 1.54) is 0 Å². The minimum atomic E-state index is -1.13. The van der Waals surface area contributed by atoms with E-state index in [2.05, 4.69) is 10.5 Å². The van der Waals surface area contributed by atoms with Gasteiger partial charge in [-0.2, -0.15) is 0 Å². The number of aryl methyl sites for hydroxylation is 2. The zero-order chi connectivity index (χ0) is 17.9. The molecule has 1 amide bonds. The second-order valence-corrected chi connectivity index (χ2v) is 6.17. The third-order valence-electron chi connectivity index (χ3n) is 3.83. The van der Waals surface area contributed by atoms with Gasteiger partial charge < -0.3 is 14.9 Å². The van der Waals surface area contributed by atoms with Gasteiger partial charge in [0.05, 0.1) is 5.69 Å². The molecule has 2 N–H and O–H groups in total.